The zero-order valence-electron chi connectivity index (χ0n) is 11.9. The van der Waals surface area contributed by atoms with Crippen molar-refractivity contribution < 1.29 is 14.6 Å². The summed E-state index contributed by atoms with van der Waals surface area (Å²) in [6.45, 7) is 4.09. The van der Waals surface area contributed by atoms with E-state index in [2.05, 4.69) is 6.92 Å². The van der Waals surface area contributed by atoms with Crippen LogP contribution in [0.2, 0.25) is 0 Å². The molecule has 5 rings (SSSR count). The van der Waals surface area contributed by atoms with Crippen LogP contribution in [0.3, 0.4) is 0 Å². The monoisotopic (exact) mass is 264 g/mol. The molecule has 0 aromatic carbocycles. The predicted octanol–water partition coefficient (Wildman–Crippen LogP) is 2.52. The van der Waals surface area contributed by atoms with Gasteiger partial charge in [0.2, 0.25) is 0 Å². The van der Waals surface area contributed by atoms with Gasteiger partial charge in [-0.2, -0.15) is 0 Å². The molecular formula is C16H24O3. The van der Waals surface area contributed by atoms with Gasteiger partial charge in [0, 0.05) is 11.3 Å². The van der Waals surface area contributed by atoms with Gasteiger partial charge in [0.1, 0.15) is 5.60 Å². The van der Waals surface area contributed by atoms with Crippen LogP contribution in [0.1, 0.15) is 52.4 Å². The second kappa shape index (κ2) is 3.55. The topological polar surface area (TPSA) is 46.5 Å². The van der Waals surface area contributed by atoms with Crippen molar-refractivity contribution in [2.24, 2.45) is 29.1 Å². The molecule has 5 fully saturated rings. The highest BCUT2D eigenvalue weighted by Crippen LogP contribution is 2.66. The summed E-state index contributed by atoms with van der Waals surface area (Å²) in [5, 5.41) is 10.0. The Morgan fingerprint density at radius 3 is 1.95 bits per heavy atom. The first-order valence-corrected chi connectivity index (χ1v) is 7.84. The summed E-state index contributed by atoms with van der Waals surface area (Å²) in [4.78, 5) is 11.8. The van der Waals surface area contributed by atoms with E-state index in [9.17, 15) is 9.90 Å². The van der Waals surface area contributed by atoms with Gasteiger partial charge in [-0.05, 0) is 63.2 Å². The first-order valence-electron chi connectivity index (χ1n) is 7.84. The molecule has 4 bridgehead atoms. The molecule has 5 aliphatic rings. The minimum absolute atomic E-state index is 0.0729. The van der Waals surface area contributed by atoms with E-state index in [1.54, 1.807) is 0 Å². The summed E-state index contributed by atoms with van der Waals surface area (Å²) >= 11 is 0. The van der Waals surface area contributed by atoms with Crippen LogP contribution >= 0.6 is 0 Å². The van der Waals surface area contributed by atoms with Crippen molar-refractivity contribution in [3.05, 3.63) is 0 Å². The van der Waals surface area contributed by atoms with Gasteiger partial charge in [-0.25, -0.2) is 4.79 Å². The van der Waals surface area contributed by atoms with Gasteiger partial charge in [0.25, 0.3) is 0 Å². The molecule has 4 saturated carbocycles. The van der Waals surface area contributed by atoms with Crippen LogP contribution in [0.5, 0.6) is 0 Å². The lowest BCUT2D eigenvalue weighted by Gasteiger charge is -2.62. The molecule has 106 valence electrons. The van der Waals surface area contributed by atoms with Crippen molar-refractivity contribution in [2.75, 3.05) is 0 Å². The highest BCUT2D eigenvalue weighted by Gasteiger charge is 2.66. The fourth-order valence-electron chi connectivity index (χ4n) is 6.18. The van der Waals surface area contributed by atoms with Crippen LogP contribution in [0.15, 0.2) is 0 Å². The average molecular weight is 264 g/mol. The third-order valence-electron chi connectivity index (χ3n) is 6.99. The number of aliphatic hydroxyl groups is 1. The molecule has 3 nitrogen and oxygen atoms in total. The number of hydrogen-bond acceptors (Lipinski definition) is 3. The van der Waals surface area contributed by atoms with Crippen LogP contribution in [0.4, 0.5) is 0 Å². The van der Waals surface area contributed by atoms with Crippen LogP contribution in [-0.4, -0.2) is 22.8 Å². The number of hydrogen-bond donors (Lipinski definition) is 1. The van der Waals surface area contributed by atoms with E-state index in [0.29, 0.717) is 0 Å². The molecule has 4 aliphatic carbocycles. The quantitative estimate of drug-likeness (QED) is 0.740. The lowest BCUT2D eigenvalue weighted by molar-refractivity contribution is -0.196. The summed E-state index contributed by atoms with van der Waals surface area (Å²) in [6, 6.07) is 0. The fourth-order valence-corrected chi connectivity index (χ4v) is 6.18. The molecule has 0 aromatic heterocycles. The first kappa shape index (κ1) is 12.2. The van der Waals surface area contributed by atoms with Crippen LogP contribution < -0.4 is 0 Å². The molecule has 19 heavy (non-hydrogen) atoms. The normalized spacial score (nSPS) is 59.5. The summed E-state index contributed by atoms with van der Waals surface area (Å²) in [6.07, 6.45) is 6.87. The van der Waals surface area contributed by atoms with E-state index >= 15 is 0 Å². The van der Waals surface area contributed by atoms with Gasteiger partial charge >= 0.3 is 5.97 Å². The van der Waals surface area contributed by atoms with Gasteiger partial charge in [-0.1, -0.05) is 6.92 Å². The Bertz CT molecular complexity index is 394. The summed E-state index contributed by atoms with van der Waals surface area (Å²) in [5.41, 5.74) is -0.298. The molecule has 3 atom stereocenters. The lowest BCUT2D eigenvalue weighted by Crippen LogP contribution is -2.59. The molecule has 0 spiro atoms. The molecule has 1 heterocycles. The first-order chi connectivity index (χ1) is 8.93. The van der Waals surface area contributed by atoms with Crippen LogP contribution in [-0.2, 0) is 9.53 Å². The maximum Gasteiger partial charge on any atom is 0.335 e. The SMILES string of the molecule is CC1C(O)C(=O)OC1(C)C12CC3CC(CC(C3)C1)C2. The lowest BCUT2D eigenvalue weighted by atomic mass is 9.44. The van der Waals surface area contributed by atoms with Crippen molar-refractivity contribution in [3.63, 3.8) is 0 Å². The van der Waals surface area contributed by atoms with E-state index in [1.807, 2.05) is 6.92 Å². The third-order valence-corrected chi connectivity index (χ3v) is 6.99. The minimum atomic E-state index is -0.919. The molecule has 0 aromatic rings. The van der Waals surface area contributed by atoms with Gasteiger partial charge in [0.15, 0.2) is 6.10 Å². The number of carbonyl (C=O) groups excluding carboxylic acids is 1. The molecule has 3 heteroatoms. The molecule has 0 radical (unpaired) electrons. The second-order valence-corrected chi connectivity index (χ2v) is 7.96. The molecule has 1 aliphatic heterocycles. The molecule has 3 unspecified atom stereocenters. The summed E-state index contributed by atoms with van der Waals surface area (Å²) < 4.78 is 5.77. The summed E-state index contributed by atoms with van der Waals surface area (Å²) in [7, 11) is 0. The standard InChI is InChI=1S/C16H24O3/c1-9-13(17)14(18)19-15(9,2)16-6-10-3-11(7-16)5-12(4-10)8-16/h9-13,17H,3-8H2,1-2H3. The van der Waals surface area contributed by atoms with Gasteiger partial charge in [0.05, 0.1) is 0 Å². The maximum absolute atomic E-state index is 11.8. The van der Waals surface area contributed by atoms with Gasteiger partial charge in [-0.15, -0.1) is 0 Å². The zero-order valence-corrected chi connectivity index (χ0v) is 11.9. The Morgan fingerprint density at radius 1 is 1.11 bits per heavy atom. The zero-order chi connectivity index (χ0) is 13.4. The largest absolute Gasteiger partial charge is 0.456 e. The van der Waals surface area contributed by atoms with Gasteiger partial charge in [-0.3, -0.25) is 0 Å². The number of esters is 1. The van der Waals surface area contributed by atoms with E-state index in [4.69, 9.17) is 4.74 Å². The van der Waals surface area contributed by atoms with Crippen molar-refractivity contribution in [1.82, 2.24) is 0 Å². The summed E-state index contributed by atoms with van der Waals surface area (Å²) in [5.74, 6) is 2.05. The van der Waals surface area contributed by atoms with Gasteiger partial charge < -0.3 is 9.84 Å². The number of ether oxygens (including phenoxy) is 1. The predicted molar refractivity (Wildman–Crippen MR) is 70.3 cm³/mol. The Kier molecular flexibility index (Phi) is 2.27. The minimum Gasteiger partial charge on any atom is -0.456 e. The van der Waals surface area contributed by atoms with Crippen molar-refractivity contribution in [2.45, 2.75) is 64.1 Å². The highest BCUT2D eigenvalue weighted by atomic mass is 16.6. The number of aliphatic hydroxyl groups excluding tert-OH is 1. The number of carbonyl (C=O) groups is 1. The third kappa shape index (κ3) is 1.40. The fraction of sp³-hybridized carbons (Fsp3) is 0.938. The molecule has 0 amide bonds. The average Bonchev–Trinajstić information content (AvgIpc) is 2.53. The Hall–Kier alpha value is -0.570. The van der Waals surface area contributed by atoms with E-state index in [1.165, 1.54) is 38.5 Å². The van der Waals surface area contributed by atoms with Crippen molar-refractivity contribution >= 4 is 5.97 Å². The van der Waals surface area contributed by atoms with E-state index in [-0.39, 0.29) is 11.3 Å². The van der Waals surface area contributed by atoms with Crippen molar-refractivity contribution in [3.8, 4) is 0 Å². The Labute approximate surface area is 114 Å². The molecule has 1 saturated heterocycles. The smallest absolute Gasteiger partial charge is 0.335 e. The molecule has 1 N–H and O–H groups in total. The van der Waals surface area contributed by atoms with E-state index in [0.717, 1.165) is 17.8 Å². The number of cyclic esters (lactones) is 1. The van der Waals surface area contributed by atoms with Crippen LogP contribution in [0.25, 0.3) is 0 Å². The second-order valence-electron chi connectivity index (χ2n) is 7.96. The Morgan fingerprint density at radius 2 is 1.58 bits per heavy atom. The number of rotatable bonds is 1. The van der Waals surface area contributed by atoms with Crippen molar-refractivity contribution in [1.29, 1.82) is 0 Å². The maximum atomic E-state index is 11.8. The van der Waals surface area contributed by atoms with Crippen LogP contribution in [0, 0.1) is 29.1 Å². The Balaban J connectivity index is 1.73. The highest BCUT2D eigenvalue weighted by molar-refractivity contribution is 5.78. The van der Waals surface area contributed by atoms with E-state index < -0.39 is 17.7 Å². The molecular weight excluding hydrogens is 240 g/mol.